The highest BCUT2D eigenvalue weighted by molar-refractivity contribution is 6.18. The molecule has 3 saturated heterocycles. The van der Waals surface area contributed by atoms with Crippen molar-refractivity contribution >= 4 is 11.6 Å². The van der Waals surface area contributed by atoms with E-state index in [9.17, 15) is 10.2 Å². The molecule has 0 radical (unpaired) electrons. The Balaban J connectivity index is 0.000000176. The first-order chi connectivity index (χ1) is 23.3. The molecule has 7 nitrogen and oxygen atoms in total. The number of hydrogen-bond acceptors (Lipinski definition) is 7. The monoisotopic (exact) mass is 688 g/mol. The van der Waals surface area contributed by atoms with Crippen LogP contribution in [0.25, 0.3) is 22.3 Å². The van der Waals surface area contributed by atoms with Crippen LogP contribution in [0.5, 0.6) is 23.0 Å². The van der Waals surface area contributed by atoms with Crippen LogP contribution in [0.1, 0.15) is 44.5 Å². The summed E-state index contributed by atoms with van der Waals surface area (Å²) in [4.78, 5) is 0. The summed E-state index contributed by atoms with van der Waals surface area (Å²) < 4.78 is 27.1. The first-order valence-corrected chi connectivity index (χ1v) is 17.4. The van der Waals surface area contributed by atoms with Crippen LogP contribution in [-0.4, -0.2) is 67.4 Å². The van der Waals surface area contributed by atoms with Crippen molar-refractivity contribution in [2.24, 2.45) is 0 Å². The molecular formula is C41H49ClO7. The van der Waals surface area contributed by atoms with Crippen LogP contribution in [0.4, 0.5) is 0 Å². The fourth-order valence-corrected chi connectivity index (χ4v) is 5.95. The molecule has 49 heavy (non-hydrogen) atoms. The lowest BCUT2D eigenvalue weighted by atomic mass is 9.96. The number of halogens is 1. The minimum absolute atomic E-state index is 0.271. The molecule has 7 rings (SSSR count). The second-order valence-electron chi connectivity index (χ2n) is 13.4. The number of aryl methyl sites for hydroxylation is 8. The number of rotatable bonds is 9. The van der Waals surface area contributed by atoms with Crippen LogP contribution in [0.15, 0.2) is 48.5 Å². The molecule has 4 aromatic carbocycles. The van der Waals surface area contributed by atoms with Gasteiger partial charge in [-0.3, -0.25) is 0 Å². The Kier molecular flexibility index (Phi) is 11.8. The zero-order valence-electron chi connectivity index (χ0n) is 29.9. The summed E-state index contributed by atoms with van der Waals surface area (Å²) in [5.41, 5.74) is 12.6. The Hall–Kier alpha value is -3.75. The highest BCUT2D eigenvalue weighted by Crippen LogP contribution is 2.36. The lowest BCUT2D eigenvalue weighted by Gasteiger charge is -2.16. The van der Waals surface area contributed by atoms with E-state index >= 15 is 0 Å². The van der Waals surface area contributed by atoms with E-state index in [-0.39, 0.29) is 12.2 Å². The predicted octanol–water partition coefficient (Wildman–Crippen LogP) is 8.76. The average Bonchev–Trinajstić information content (AvgIpc) is 3.90. The minimum Gasteiger partial charge on any atom is -0.507 e. The molecule has 0 spiro atoms. The summed E-state index contributed by atoms with van der Waals surface area (Å²) in [5.74, 6) is 3.32. The predicted molar refractivity (Wildman–Crippen MR) is 196 cm³/mol. The van der Waals surface area contributed by atoms with E-state index in [4.69, 9.17) is 35.3 Å². The maximum atomic E-state index is 9.79. The third-order valence-electron chi connectivity index (χ3n) is 8.78. The molecule has 3 unspecified atom stereocenters. The van der Waals surface area contributed by atoms with E-state index in [0.717, 1.165) is 87.0 Å². The molecule has 4 aromatic rings. The van der Waals surface area contributed by atoms with Crippen LogP contribution < -0.4 is 9.47 Å². The summed E-state index contributed by atoms with van der Waals surface area (Å²) in [6, 6.07) is 16.7. The van der Waals surface area contributed by atoms with E-state index in [1.807, 2.05) is 52.0 Å². The van der Waals surface area contributed by atoms with Gasteiger partial charge in [-0.1, -0.05) is 0 Å². The maximum absolute atomic E-state index is 9.79. The Morgan fingerprint density at radius 1 is 0.490 bits per heavy atom. The van der Waals surface area contributed by atoms with Gasteiger partial charge in [-0.05, 0) is 171 Å². The van der Waals surface area contributed by atoms with Crippen molar-refractivity contribution in [3.8, 4) is 45.3 Å². The first kappa shape index (κ1) is 36.5. The number of aromatic hydroxyl groups is 2. The number of hydrogen-bond donors (Lipinski definition) is 2. The first-order valence-electron chi connectivity index (χ1n) is 16.8. The molecule has 0 amide bonds. The van der Waals surface area contributed by atoms with Gasteiger partial charge in [0.05, 0.1) is 31.8 Å². The molecule has 8 heteroatoms. The number of phenolic OH excluding ortho intramolecular Hbond substituents is 2. The van der Waals surface area contributed by atoms with E-state index in [2.05, 4.69) is 52.0 Å². The molecular weight excluding hydrogens is 640 g/mol. The number of benzene rings is 4. The molecule has 3 fully saturated rings. The normalized spacial score (nSPS) is 18.4. The van der Waals surface area contributed by atoms with Gasteiger partial charge in [0.2, 0.25) is 0 Å². The topological polar surface area (TPSA) is 96.5 Å². The molecule has 3 atom stereocenters. The lowest BCUT2D eigenvalue weighted by Crippen LogP contribution is -2.07. The number of epoxide rings is 3. The molecule has 2 N–H and O–H groups in total. The van der Waals surface area contributed by atoms with Crippen molar-refractivity contribution in [3.05, 3.63) is 93.0 Å². The van der Waals surface area contributed by atoms with Crippen LogP contribution in [-0.2, 0) is 14.2 Å². The van der Waals surface area contributed by atoms with Crippen molar-refractivity contribution in [2.45, 2.75) is 73.7 Å². The Bertz CT molecular complexity index is 1570. The molecule has 3 aliphatic rings. The van der Waals surface area contributed by atoms with Crippen LogP contribution in [0.3, 0.4) is 0 Å². The van der Waals surface area contributed by atoms with Gasteiger partial charge in [0, 0.05) is 0 Å². The number of alkyl halides is 1. The van der Waals surface area contributed by atoms with Crippen LogP contribution >= 0.6 is 11.6 Å². The van der Waals surface area contributed by atoms with Gasteiger partial charge in [-0.25, -0.2) is 0 Å². The van der Waals surface area contributed by atoms with Crippen LogP contribution in [0.2, 0.25) is 0 Å². The summed E-state index contributed by atoms with van der Waals surface area (Å²) in [6.07, 6.45) is 0.941. The second kappa shape index (κ2) is 15.9. The summed E-state index contributed by atoms with van der Waals surface area (Å²) in [7, 11) is 0. The Labute approximate surface area is 295 Å². The third kappa shape index (κ3) is 9.92. The van der Waals surface area contributed by atoms with Crippen molar-refractivity contribution in [2.75, 3.05) is 38.9 Å². The molecule has 0 saturated carbocycles. The molecule has 0 bridgehead atoms. The van der Waals surface area contributed by atoms with Crippen molar-refractivity contribution in [3.63, 3.8) is 0 Å². The maximum Gasteiger partial charge on any atom is 0.125 e. The Morgan fingerprint density at radius 3 is 0.939 bits per heavy atom. The summed E-state index contributed by atoms with van der Waals surface area (Å²) in [6.45, 7) is 19.8. The summed E-state index contributed by atoms with van der Waals surface area (Å²) >= 11 is 5.27. The molecule has 0 aliphatic carbocycles. The average molecular weight is 689 g/mol. The van der Waals surface area contributed by atoms with Crippen molar-refractivity contribution in [1.29, 1.82) is 0 Å². The van der Waals surface area contributed by atoms with Crippen molar-refractivity contribution in [1.82, 2.24) is 0 Å². The van der Waals surface area contributed by atoms with Gasteiger partial charge in [-0.15, -0.1) is 11.6 Å². The van der Waals surface area contributed by atoms with E-state index < -0.39 is 0 Å². The number of ether oxygens (including phenoxy) is 5. The van der Waals surface area contributed by atoms with E-state index in [1.54, 1.807) is 0 Å². The zero-order chi connectivity index (χ0) is 35.4. The Morgan fingerprint density at radius 2 is 0.735 bits per heavy atom. The van der Waals surface area contributed by atoms with Gasteiger partial charge < -0.3 is 33.9 Å². The number of phenols is 2. The summed E-state index contributed by atoms with van der Waals surface area (Å²) in [5, 5.41) is 19.6. The van der Waals surface area contributed by atoms with Gasteiger partial charge in [-0.2, -0.15) is 0 Å². The van der Waals surface area contributed by atoms with Gasteiger partial charge >= 0.3 is 0 Å². The van der Waals surface area contributed by atoms with Gasteiger partial charge in [0.25, 0.3) is 0 Å². The van der Waals surface area contributed by atoms with E-state index in [1.165, 1.54) is 11.1 Å². The largest absolute Gasteiger partial charge is 0.507 e. The quantitative estimate of drug-likeness (QED) is 0.134. The fraction of sp³-hybridized carbons (Fsp3) is 0.415. The van der Waals surface area contributed by atoms with Crippen LogP contribution in [0, 0.1) is 55.4 Å². The van der Waals surface area contributed by atoms with E-state index in [0.29, 0.717) is 36.7 Å². The van der Waals surface area contributed by atoms with Gasteiger partial charge in [0.15, 0.2) is 0 Å². The second-order valence-corrected chi connectivity index (χ2v) is 13.7. The van der Waals surface area contributed by atoms with Gasteiger partial charge in [0.1, 0.15) is 48.4 Å². The fourth-order valence-electron chi connectivity index (χ4n) is 5.77. The SMILES string of the molecule is Cc1cc(-c2cc(C)c(O)c(C)c2)cc(C)c1O.Cc1cc(-c2cc(C)c(OCC3CO3)c(C)c2)cc(C)c1OCC1CO1.ClCC1CO1. The molecule has 3 aliphatic heterocycles. The molecule has 0 aromatic heterocycles. The highest BCUT2D eigenvalue weighted by Gasteiger charge is 2.25. The lowest BCUT2D eigenvalue weighted by molar-refractivity contribution is 0.260. The highest BCUT2D eigenvalue weighted by atomic mass is 35.5. The third-order valence-corrected chi connectivity index (χ3v) is 9.12. The zero-order valence-corrected chi connectivity index (χ0v) is 30.7. The standard InChI is InChI=1S/C22H26O4.C16H18O2.C3H5ClO/c1-13-5-17(6-14(2)21(13)25-11-19-9-23-19)18-7-15(3)22(16(4)8-18)26-12-20-10-24-20;1-9-5-13(6-10(2)15(9)17)14-7-11(3)16(18)12(4)8-14;4-1-3-2-5-3/h5-8,19-20H,9-12H2,1-4H3;5-8,17-18H,1-4H3;3H,1-2H2. The molecule has 262 valence electrons. The molecule has 3 heterocycles. The minimum atomic E-state index is 0.271. The van der Waals surface area contributed by atoms with Crippen molar-refractivity contribution < 1.29 is 33.9 Å². The smallest absolute Gasteiger partial charge is 0.125 e.